The fourth-order valence-electron chi connectivity index (χ4n) is 3.59. The summed E-state index contributed by atoms with van der Waals surface area (Å²) in [6.45, 7) is 8.41. The lowest BCUT2D eigenvalue weighted by Crippen LogP contribution is -2.37. The number of ether oxygens (including phenoxy) is 2. The van der Waals surface area contributed by atoms with Gasteiger partial charge in [-0.05, 0) is 62.1 Å². The van der Waals surface area contributed by atoms with Crippen LogP contribution in [0.5, 0.6) is 11.5 Å². The number of nitrogens with zero attached hydrogens (tertiary/aromatic N) is 2. The van der Waals surface area contributed by atoms with Gasteiger partial charge in [0.1, 0.15) is 0 Å². The molecule has 2 aromatic carbocycles. The zero-order chi connectivity index (χ0) is 21.7. The molecule has 0 aliphatic carbocycles. The smallest absolute Gasteiger partial charge is 0.269 e. The van der Waals surface area contributed by atoms with Gasteiger partial charge in [-0.25, -0.2) is 0 Å². The van der Waals surface area contributed by atoms with E-state index < -0.39 is 4.92 Å². The van der Waals surface area contributed by atoms with Crippen molar-refractivity contribution in [3.05, 3.63) is 57.1 Å². The Bertz CT molecular complexity index is 945. The Hall–Kier alpha value is -3.13. The number of rotatable bonds is 8. The first-order valence-electron chi connectivity index (χ1n) is 10.1. The van der Waals surface area contributed by atoms with Gasteiger partial charge in [-0.3, -0.25) is 19.8 Å². The van der Waals surface area contributed by atoms with Crippen LogP contribution >= 0.6 is 0 Å². The summed E-state index contributed by atoms with van der Waals surface area (Å²) in [4.78, 5) is 25.0. The highest BCUT2D eigenvalue weighted by molar-refractivity contribution is 5.93. The summed E-state index contributed by atoms with van der Waals surface area (Å²) in [6.07, 6.45) is 0.825. The van der Waals surface area contributed by atoms with Crippen molar-refractivity contribution in [3.8, 4) is 11.5 Å². The Morgan fingerprint density at radius 2 is 1.80 bits per heavy atom. The van der Waals surface area contributed by atoms with Crippen LogP contribution in [-0.4, -0.2) is 42.0 Å². The molecule has 0 atom stereocenters. The lowest BCUT2D eigenvalue weighted by Gasteiger charge is -2.29. The zero-order valence-corrected chi connectivity index (χ0v) is 17.6. The second-order valence-electron chi connectivity index (χ2n) is 7.20. The van der Waals surface area contributed by atoms with E-state index in [2.05, 4.69) is 10.2 Å². The van der Waals surface area contributed by atoms with E-state index in [9.17, 15) is 14.9 Å². The highest BCUT2D eigenvalue weighted by atomic mass is 16.6. The van der Waals surface area contributed by atoms with Crippen LogP contribution in [0.2, 0.25) is 0 Å². The van der Waals surface area contributed by atoms with Crippen LogP contribution in [0.1, 0.15) is 30.5 Å². The van der Waals surface area contributed by atoms with E-state index >= 15 is 0 Å². The average molecular weight is 413 g/mol. The number of carbonyl (C=O) groups excluding carboxylic acids is 1. The number of nitrogens with one attached hydrogen (secondary N) is 1. The number of hydrogen-bond donors (Lipinski definition) is 1. The summed E-state index contributed by atoms with van der Waals surface area (Å²) in [6, 6.07) is 8.47. The maximum atomic E-state index is 12.5. The maximum Gasteiger partial charge on any atom is 0.269 e. The molecule has 3 rings (SSSR count). The lowest BCUT2D eigenvalue weighted by atomic mass is 9.98. The van der Waals surface area contributed by atoms with E-state index in [4.69, 9.17) is 9.47 Å². The first-order valence-corrected chi connectivity index (χ1v) is 10.1. The van der Waals surface area contributed by atoms with Gasteiger partial charge in [-0.2, -0.15) is 0 Å². The van der Waals surface area contributed by atoms with E-state index in [1.54, 1.807) is 13.0 Å². The van der Waals surface area contributed by atoms with Gasteiger partial charge in [-0.1, -0.05) is 0 Å². The average Bonchev–Trinajstić information content (AvgIpc) is 2.70. The Morgan fingerprint density at radius 1 is 1.13 bits per heavy atom. The van der Waals surface area contributed by atoms with Gasteiger partial charge in [0.25, 0.3) is 5.69 Å². The van der Waals surface area contributed by atoms with Gasteiger partial charge in [-0.15, -0.1) is 0 Å². The molecule has 0 aromatic heterocycles. The van der Waals surface area contributed by atoms with Gasteiger partial charge in [0.15, 0.2) is 11.5 Å². The first kappa shape index (κ1) is 21.6. The van der Waals surface area contributed by atoms with Crippen molar-refractivity contribution < 1.29 is 19.2 Å². The molecule has 8 heteroatoms. The molecule has 0 unspecified atom stereocenters. The molecule has 1 N–H and O–H groups in total. The third-order valence-electron chi connectivity index (χ3n) is 5.02. The molecule has 1 heterocycles. The molecule has 0 spiro atoms. The predicted octanol–water partition coefficient (Wildman–Crippen LogP) is 3.70. The Labute approximate surface area is 175 Å². The van der Waals surface area contributed by atoms with Crippen molar-refractivity contribution in [1.29, 1.82) is 0 Å². The number of carbonyl (C=O) groups is 1. The van der Waals surface area contributed by atoms with Crippen LogP contribution in [-0.2, 0) is 17.8 Å². The largest absolute Gasteiger partial charge is 0.490 e. The fourth-order valence-corrected chi connectivity index (χ4v) is 3.59. The summed E-state index contributed by atoms with van der Waals surface area (Å²) < 4.78 is 11.4. The topological polar surface area (TPSA) is 93.9 Å². The maximum absolute atomic E-state index is 12.5. The SMILES string of the molecule is CCOc1cc2c(cc1OCC)CN(CC(=O)Nc1ccc([N+](=O)[O-])cc1C)CC2. The van der Waals surface area contributed by atoms with Crippen molar-refractivity contribution in [2.75, 3.05) is 31.6 Å². The van der Waals surface area contributed by atoms with Gasteiger partial charge in [0.05, 0.1) is 24.7 Å². The first-order chi connectivity index (χ1) is 14.4. The van der Waals surface area contributed by atoms with Crippen molar-refractivity contribution in [2.45, 2.75) is 33.7 Å². The summed E-state index contributed by atoms with van der Waals surface area (Å²) in [7, 11) is 0. The van der Waals surface area contributed by atoms with Crippen molar-refractivity contribution in [1.82, 2.24) is 4.90 Å². The minimum atomic E-state index is -0.447. The highest BCUT2D eigenvalue weighted by Gasteiger charge is 2.22. The van der Waals surface area contributed by atoms with Gasteiger partial charge >= 0.3 is 0 Å². The minimum Gasteiger partial charge on any atom is -0.490 e. The van der Waals surface area contributed by atoms with E-state index in [0.29, 0.717) is 31.0 Å². The summed E-state index contributed by atoms with van der Waals surface area (Å²) in [5.41, 5.74) is 3.60. The summed E-state index contributed by atoms with van der Waals surface area (Å²) in [5, 5.41) is 13.7. The van der Waals surface area contributed by atoms with Gasteiger partial charge in [0.2, 0.25) is 5.91 Å². The summed E-state index contributed by atoms with van der Waals surface area (Å²) >= 11 is 0. The standard InChI is InChI=1S/C22H27N3O5/c1-4-29-20-11-16-8-9-24(13-17(16)12-21(20)30-5-2)14-22(26)23-19-7-6-18(25(27)28)10-15(19)3/h6-7,10-12H,4-5,8-9,13-14H2,1-3H3,(H,23,26). The molecular formula is C22H27N3O5. The molecule has 0 saturated heterocycles. The molecular weight excluding hydrogens is 386 g/mol. The van der Waals surface area contributed by atoms with Crippen LogP contribution in [0, 0.1) is 17.0 Å². The van der Waals surface area contributed by atoms with Crippen molar-refractivity contribution in [2.24, 2.45) is 0 Å². The molecule has 1 aliphatic rings. The quantitative estimate of drug-likeness (QED) is 0.524. The molecule has 1 amide bonds. The molecule has 2 aromatic rings. The highest BCUT2D eigenvalue weighted by Crippen LogP contribution is 2.34. The molecule has 30 heavy (non-hydrogen) atoms. The van der Waals surface area contributed by atoms with Gasteiger partial charge in [0, 0.05) is 30.9 Å². The van der Waals surface area contributed by atoms with Crippen molar-refractivity contribution >= 4 is 17.3 Å². The monoisotopic (exact) mass is 413 g/mol. The molecule has 0 radical (unpaired) electrons. The van der Waals surface area contributed by atoms with Crippen LogP contribution in [0.4, 0.5) is 11.4 Å². The number of aryl methyl sites for hydroxylation is 1. The number of amides is 1. The van der Waals surface area contributed by atoms with Crippen LogP contribution in [0.3, 0.4) is 0 Å². The van der Waals surface area contributed by atoms with Crippen molar-refractivity contribution in [3.63, 3.8) is 0 Å². The lowest BCUT2D eigenvalue weighted by molar-refractivity contribution is -0.384. The van der Waals surface area contributed by atoms with E-state index in [1.807, 2.05) is 26.0 Å². The second-order valence-corrected chi connectivity index (χ2v) is 7.20. The van der Waals surface area contributed by atoms with E-state index in [-0.39, 0.29) is 18.1 Å². The zero-order valence-electron chi connectivity index (χ0n) is 17.6. The summed E-state index contributed by atoms with van der Waals surface area (Å²) in [5.74, 6) is 1.34. The Kier molecular flexibility index (Phi) is 6.89. The van der Waals surface area contributed by atoms with Crippen LogP contribution in [0.25, 0.3) is 0 Å². The van der Waals surface area contributed by atoms with Crippen LogP contribution in [0.15, 0.2) is 30.3 Å². The molecule has 8 nitrogen and oxygen atoms in total. The predicted molar refractivity (Wildman–Crippen MR) is 114 cm³/mol. The molecule has 0 fully saturated rings. The second kappa shape index (κ2) is 9.58. The normalized spacial score (nSPS) is 13.4. The number of nitro groups is 1. The fraction of sp³-hybridized carbons (Fsp3) is 0.409. The Balaban J connectivity index is 1.66. The molecule has 160 valence electrons. The van der Waals surface area contributed by atoms with E-state index in [1.165, 1.54) is 17.7 Å². The third-order valence-corrected chi connectivity index (χ3v) is 5.02. The number of non-ortho nitro benzene ring substituents is 1. The minimum absolute atomic E-state index is 0.00895. The third kappa shape index (κ3) is 5.07. The number of nitro benzene ring substituents is 1. The Morgan fingerprint density at radius 3 is 2.40 bits per heavy atom. The number of hydrogen-bond acceptors (Lipinski definition) is 6. The van der Waals surface area contributed by atoms with E-state index in [0.717, 1.165) is 30.0 Å². The number of anilines is 1. The molecule has 0 bridgehead atoms. The molecule has 0 saturated carbocycles. The number of benzene rings is 2. The van der Waals surface area contributed by atoms with Gasteiger partial charge < -0.3 is 14.8 Å². The van der Waals surface area contributed by atoms with Crippen LogP contribution < -0.4 is 14.8 Å². The molecule has 1 aliphatic heterocycles. The number of fused-ring (bicyclic) bond motifs is 1.